The van der Waals surface area contributed by atoms with Gasteiger partial charge in [0.1, 0.15) is 15.7 Å². The number of aryl methyl sites for hydroxylation is 1. The van der Waals surface area contributed by atoms with Gasteiger partial charge in [0.2, 0.25) is 5.13 Å². The molecule has 6 nitrogen and oxygen atoms in total. The molecule has 2 aromatic heterocycles. The number of para-hydroxylation sites is 1. The van der Waals surface area contributed by atoms with Crippen LogP contribution in [0.3, 0.4) is 0 Å². The van der Waals surface area contributed by atoms with Crippen molar-refractivity contribution < 1.29 is 4.79 Å². The van der Waals surface area contributed by atoms with Gasteiger partial charge in [0.05, 0.1) is 11.4 Å². The molecule has 0 fully saturated rings. The molecular weight excluding hydrogens is 382 g/mol. The van der Waals surface area contributed by atoms with E-state index in [0.29, 0.717) is 16.4 Å². The van der Waals surface area contributed by atoms with Crippen LogP contribution in [0.25, 0.3) is 16.3 Å². The highest BCUT2D eigenvalue weighted by molar-refractivity contribution is 7.18. The summed E-state index contributed by atoms with van der Waals surface area (Å²) >= 11 is 7.73. The van der Waals surface area contributed by atoms with Crippen LogP contribution in [0.15, 0.2) is 60.7 Å². The normalized spacial score (nSPS) is 10.7. The van der Waals surface area contributed by atoms with Crippen molar-refractivity contribution in [2.75, 3.05) is 5.32 Å². The lowest BCUT2D eigenvalue weighted by Gasteiger charge is -2.03. The summed E-state index contributed by atoms with van der Waals surface area (Å²) in [4.78, 5) is 12.7. The van der Waals surface area contributed by atoms with E-state index in [1.54, 1.807) is 11.6 Å². The Morgan fingerprint density at radius 1 is 1.04 bits per heavy atom. The van der Waals surface area contributed by atoms with Crippen LogP contribution in [-0.2, 0) is 0 Å². The number of halogens is 1. The largest absolute Gasteiger partial charge is 0.296 e. The summed E-state index contributed by atoms with van der Waals surface area (Å²) in [5.41, 5.74) is 2.58. The van der Waals surface area contributed by atoms with Gasteiger partial charge in [-0.3, -0.25) is 10.1 Å². The van der Waals surface area contributed by atoms with Gasteiger partial charge in [0, 0.05) is 5.56 Å². The zero-order valence-corrected chi connectivity index (χ0v) is 15.8. The van der Waals surface area contributed by atoms with E-state index in [0.717, 1.165) is 16.3 Å². The summed E-state index contributed by atoms with van der Waals surface area (Å²) < 4.78 is 1.54. The number of amides is 1. The van der Waals surface area contributed by atoms with Gasteiger partial charge in [-0.2, -0.15) is 5.10 Å². The summed E-state index contributed by atoms with van der Waals surface area (Å²) in [7, 11) is 0. The Morgan fingerprint density at radius 3 is 2.41 bits per heavy atom. The maximum Gasteiger partial charge on any atom is 0.262 e. The average Bonchev–Trinajstić information content (AvgIpc) is 3.27. The van der Waals surface area contributed by atoms with Crippen LogP contribution in [0.1, 0.15) is 16.1 Å². The smallest absolute Gasteiger partial charge is 0.262 e. The van der Waals surface area contributed by atoms with Crippen molar-refractivity contribution in [2.45, 2.75) is 6.92 Å². The van der Waals surface area contributed by atoms with E-state index < -0.39 is 0 Å². The molecule has 0 saturated heterocycles. The van der Waals surface area contributed by atoms with Crippen LogP contribution >= 0.6 is 22.9 Å². The third kappa shape index (κ3) is 3.47. The molecule has 0 aliphatic heterocycles. The maximum atomic E-state index is 12.7. The van der Waals surface area contributed by atoms with E-state index >= 15 is 0 Å². The molecule has 1 amide bonds. The Bertz CT molecular complexity index is 1090. The second-order valence-corrected chi connectivity index (χ2v) is 7.07. The topological polar surface area (TPSA) is 72.7 Å². The molecule has 0 spiro atoms. The first-order chi connectivity index (χ1) is 13.1. The lowest BCUT2D eigenvalue weighted by Crippen LogP contribution is -2.13. The van der Waals surface area contributed by atoms with Crippen LogP contribution < -0.4 is 5.32 Å². The quantitative estimate of drug-likeness (QED) is 0.547. The van der Waals surface area contributed by atoms with Gasteiger partial charge in [-0.05, 0) is 19.1 Å². The van der Waals surface area contributed by atoms with Gasteiger partial charge in [0.25, 0.3) is 5.91 Å². The number of benzene rings is 2. The standard InChI is InChI=1S/C19H14ClN5OS/c1-12-15(16(20)25(24-12)14-10-6-3-7-11-14)17(26)21-19-23-22-18(27-19)13-8-4-2-5-9-13/h2-11H,1H3,(H,21,23,26). The van der Waals surface area contributed by atoms with Gasteiger partial charge in [-0.25, -0.2) is 4.68 Å². The van der Waals surface area contributed by atoms with Crippen molar-refractivity contribution >= 4 is 34.0 Å². The van der Waals surface area contributed by atoms with Crippen LogP contribution in [0.2, 0.25) is 5.15 Å². The number of hydrogen-bond acceptors (Lipinski definition) is 5. The molecule has 0 radical (unpaired) electrons. The lowest BCUT2D eigenvalue weighted by atomic mass is 10.2. The lowest BCUT2D eigenvalue weighted by molar-refractivity contribution is 0.102. The van der Waals surface area contributed by atoms with Crippen LogP contribution in [-0.4, -0.2) is 25.9 Å². The van der Waals surface area contributed by atoms with Crippen molar-refractivity contribution in [3.05, 3.63) is 77.1 Å². The van der Waals surface area contributed by atoms with E-state index in [2.05, 4.69) is 20.6 Å². The number of nitrogens with one attached hydrogen (secondary N) is 1. The Labute approximate surface area is 164 Å². The first-order valence-corrected chi connectivity index (χ1v) is 9.34. The Hall–Kier alpha value is -3.03. The number of nitrogens with zero attached hydrogens (tertiary/aromatic N) is 4. The van der Waals surface area contributed by atoms with Gasteiger partial charge in [0.15, 0.2) is 0 Å². The third-order valence-electron chi connectivity index (χ3n) is 3.90. The molecule has 2 aromatic carbocycles. The predicted octanol–water partition coefficient (Wildman–Crippen LogP) is 4.60. The Morgan fingerprint density at radius 2 is 1.70 bits per heavy atom. The monoisotopic (exact) mass is 395 g/mol. The molecule has 27 heavy (non-hydrogen) atoms. The molecule has 1 N–H and O–H groups in total. The van der Waals surface area contributed by atoms with Crippen molar-refractivity contribution in [3.8, 4) is 16.3 Å². The Kier molecular flexibility index (Phi) is 4.70. The first-order valence-electron chi connectivity index (χ1n) is 8.14. The van der Waals surface area contributed by atoms with Crippen LogP contribution in [0.5, 0.6) is 0 Å². The molecule has 134 valence electrons. The highest BCUT2D eigenvalue weighted by atomic mass is 35.5. The summed E-state index contributed by atoms with van der Waals surface area (Å²) in [5, 5.41) is 16.7. The minimum atomic E-state index is -0.365. The first kappa shape index (κ1) is 17.4. The summed E-state index contributed by atoms with van der Waals surface area (Å²) in [6.07, 6.45) is 0. The molecule has 2 heterocycles. The fourth-order valence-electron chi connectivity index (χ4n) is 2.63. The summed E-state index contributed by atoms with van der Waals surface area (Å²) in [6, 6.07) is 19.1. The van der Waals surface area contributed by atoms with Crippen LogP contribution in [0, 0.1) is 6.92 Å². The molecule has 4 rings (SSSR count). The SMILES string of the molecule is Cc1nn(-c2ccccc2)c(Cl)c1C(=O)Nc1nnc(-c2ccccc2)s1. The number of aromatic nitrogens is 4. The van der Waals surface area contributed by atoms with Gasteiger partial charge in [-0.1, -0.05) is 71.5 Å². The molecule has 0 atom stereocenters. The second kappa shape index (κ2) is 7.30. The van der Waals surface area contributed by atoms with E-state index in [4.69, 9.17) is 11.6 Å². The van der Waals surface area contributed by atoms with Crippen molar-refractivity contribution in [2.24, 2.45) is 0 Å². The molecule has 0 unspecified atom stereocenters. The number of rotatable bonds is 4. The molecular formula is C19H14ClN5OS. The van der Waals surface area contributed by atoms with Crippen molar-refractivity contribution in [3.63, 3.8) is 0 Å². The van der Waals surface area contributed by atoms with E-state index in [1.807, 2.05) is 60.7 Å². The molecule has 8 heteroatoms. The summed E-state index contributed by atoms with van der Waals surface area (Å²) in [6.45, 7) is 1.75. The zero-order valence-electron chi connectivity index (χ0n) is 14.3. The summed E-state index contributed by atoms with van der Waals surface area (Å²) in [5.74, 6) is -0.365. The fourth-order valence-corrected chi connectivity index (χ4v) is 3.73. The van der Waals surface area contributed by atoms with Crippen LogP contribution in [0.4, 0.5) is 5.13 Å². The van der Waals surface area contributed by atoms with Gasteiger partial charge < -0.3 is 0 Å². The molecule has 0 bridgehead atoms. The molecule has 4 aromatic rings. The molecule has 0 aliphatic rings. The van der Waals surface area contributed by atoms with Gasteiger partial charge in [-0.15, -0.1) is 10.2 Å². The van der Waals surface area contributed by atoms with E-state index in [-0.39, 0.29) is 11.1 Å². The van der Waals surface area contributed by atoms with Crippen molar-refractivity contribution in [1.82, 2.24) is 20.0 Å². The molecule has 0 saturated carbocycles. The number of carbonyl (C=O) groups is 1. The number of anilines is 1. The predicted molar refractivity (Wildman–Crippen MR) is 107 cm³/mol. The van der Waals surface area contributed by atoms with Gasteiger partial charge >= 0.3 is 0 Å². The van der Waals surface area contributed by atoms with E-state index in [1.165, 1.54) is 11.3 Å². The minimum Gasteiger partial charge on any atom is -0.296 e. The highest BCUT2D eigenvalue weighted by Gasteiger charge is 2.22. The third-order valence-corrected chi connectivity index (χ3v) is 5.13. The molecule has 0 aliphatic carbocycles. The maximum absolute atomic E-state index is 12.7. The second-order valence-electron chi connectivity index (χ2n) is 5.73. The minimum absolute atomic E-state index is 0.254. The highest BCUT2D eigenvalue weighted by Crippen LogP contribution is 2.28. The van der Waals surface area contributed by atoms with E-state index in [9.17, 15) is 4.79 Å². The Balaban J connectivity index is 1.59. The average molecular weight is 396 g/mol. The fraction of sp³-hybridized carbons (Fsp3) is 0.0526. The van der Waals surface area contributed by atoms with Crippen molar-refractivity contribution in [1.29, 1.82) is 0 Å². The number of carbonyl (C=O) groups excluding carboxylic acids is 1. The number of hydrogen-bond donors (Lipinski definition) is 1. The zero-order chi connectivity index (χ0) is 18.8.